The highest BCUT2D eigenvalue weighted by molar-refractivity contribution is 7.86. The molecule has 12 heteroatoms. The summed E-state index contributed by atoms with van der Waals surface area (Å²) in [6, 6.07) is 7.27. The number of rotatable bonds is 9. The van der Waals surface area contributed by atoms with Gasteiger partial charge in [-0.05, 0) is 70.7 Å². The monoisotopic (exact) mass is 588 g/mol. The molecule has 1 aromatic carbocycles. The van der Waals surface area contributed by atoms with Crippen LogP contribution in [0.15, 0.2) is 47.5 Å². The number of nitrogens with one attached hydrogen (secondary N) is 1. The zero-order valence-electron chi connectivity index (χ0n) is 24.9. The number of aryl methyl sites for hydroxylation is 1. The summed E-state index contributed by atoms with van der Waals surface area (Å²) in [5.41, 5.74) is 0.929. The van der Waals surface area contributed by atoms with Gasteiger partial charge in [0.2, 0.25) is 5.91 Å². The van der Waals surface area contributed by atoms with Crippen molar-refractivity contribution in [3.8, 4) is 0 Å². The number of carbonyl (C=O) groups excluding carboxylic acids is 3. The molecule has 0 saturated heterocycles. The van der Waals surface area contributed by atoms with Crippen molar-refractivity contribution in [2.45, 2.75) is 83.5 Å². The lowest BCUT2D eigenvalue weighted by Gasteiger charge is -2.33. The molecule has 0 fully saturated rings. The molecular weight excluding hydrogens is 548 g/mol. The van der Waals surface area contributed by atoms with Crippen LogP contribution in [0.4, 0.5) is 10.6 Å². The number of hydrogen-bond donors (Lipinski definition) is 1. The first-order valence-electron chi connectivity index (χ1n) is 13.5. The molecule has 224 valence electrons. The number of carbonyl (C=O) groups is 3. The van der Waals surface area contributed by atoms with Crippen LogP contribution in [0, 0.1) is 12.8 Å². The Morgan fingerprint density at radius 1 is 1.12 bits per heavy atom. The van der Waals surface area contributed by atoms with E-state index in [1.54, 1.807) is 65.9 Å². The fraction of sp³-hybridized carbons (Fsp3) is 0.517. The van der Waals surface area contributed by atoms with Gasteiger partial charge in [-0.2, -0.15) is 8.42 Å². The molecule has 1 aliphatic heterocycles. The van der Waals surface area contributed by atoms with E-state index in [0.717, 1.165) is 11.1 Å². The Labute approximate surface area is 242 Å². The summed E-state index contributed by atoms with van der Waals surface area (Å²) in [6.45, 7) is 11.8. The highest BCUT2D eigenvalue weighted by atomic mass is 32.2. The molecule has 3 atom stereocenters. The van der Waals surface area contributed by atoms with Gasteiger partial charge >= 0.3 is 6.09 Å². The molecule has 0 saturated carbocycles. The van der Waals surface area contributed by atoms with E-state index in [0.29, 0.717) is 12.2 Å². The van der Waals surface area contributed by atoms with Crippen molar-refractivity contribution < 1.29 is 31.7 Å². The van der Waals surface area contributed by atoms with Crippen LogP contribution in [-0.2, 0) is 35.0 Å². The lowest BCUT2D eigenvalue weighted by atomic mass is 10.0. The average molecular weight is 589 g/mol. The van der Waals surface area contributed by atoms with E-state index in [9.17, 15) is 22.8 Å². The second-order valence-electron chi connectivity index (χ2n) is 11.6. The van der Waals surface area contributed by atoms with Gasteiger partial charge in [0.1, 0.15) is 23.5 Å². The van der Waals surface area contributed by atoms with E-state index in [4.69, 9.17) is 8.92 Å². The van der Waals surface area contributed by atoms with Crippen LogP contribution in [0.1, 0.15) is 52.7 Å². The van der Waals surface area contributed by atoms with E-state index in [1.165, 1.54) is 29.0 Å². The van der Waals surface area contributed by atoms with E-state index >= 15 is 0 Å². The van der Waals surface area contributed by atoms with Crippen LogP contribution in [0.25, 0.3) is 0 Å². The second-order valence-corrected chi connectivity index (χ2v) is 13.2. The van der Waals surface area contributed by atoms with Gasteiger partial charge < -0.3 is 10.1 Å². The summed E-state index contributed by atoms with van der Waals surface area (Å²) in [5.74, 6) is -0.950. The lowest BCUT2D eigenvalue weighted by molar-refractivity contribution is -0.131. The zero-order valence-corrected chi connectivity index (χ0v) is 25.7. The lowest BCUT2D eigenvalue weighted by Crippen LogP contribution is -2.57. The quantitative estimate of drug-likeness (QED) is 0.440. The first-order chi connectivity index (χ1) is 19.0. The number of nitrogens with zero attached hydrogens (tertiary/aromatic N) is 3. The fourth-order valence-electron chi connectivity index (χ4n) is 4.29. The normalized spacial score (nSPS) is 16.6. The van der Waals surface area contributed by atoms with Crippen molar-refractivity contribution in [2.75, 3.05) is 18.6 Å². The molecule has 1 N–H and O–H groups in total. The highest BCUT2D eigenvalue weighted by Gasteiger charge is 2.41. The number of hydrogen-bond acceptors (Lipinski definition) is 8. The molecule has 0 spiro atoms. The first kappa shape index (κ1) is 32.0. The van der Waals surface area contributed by atoms with Gasteiger partial charge in [0.05, 0.1) is 17.5 Å². The van der Waals surface area contributed by atoms with Crippen molar-refractivity contribution in [1.29, 1.82) is 0 Å². The summed E-state index contributed by atoms with van der Waals surface area (Å²) in [6.07, 6.45) is 1.21. The third-order valence-corrected chi connectivity index (χ3v) is 8.05. The maximum Gasteiger partial charge on any atom is 0.410 e. The van der Waals surface area contributed by atoms with Crippen molar-refractivity contribution in [3.63, 3.8) is 0 Å². The minimum absolute atomic E-state index is 0.0185. The molecule has 1 aromatic heterocycles. The van der Waals surface area contributed by atoms with Crippen molar-refractivity contribution >= 4 is 33.8 Å². The SMILES string of the molecule is Cc1ccc(S(=O)(=O)OC[C@H]2Cc3cccnc3N2C(=O)[C@@H](NC(=O)[C@H](C)N(C)C(=O)OC(C)(C)C)C(C)C)cc1. The van der Waals surface area contributed by atoms with Crippen LogP contribution in [0.3, 0.4) is 0 Å². The van der Waals surface area contributed by atoms with Crippen LogP contribution < -0.4 is 10.2 Å². The van der Waals surface area contributed by atoms with Crippen molar-refractivity contribution in [2.24, 2.45) is 5.92 Å². The molecule has 0 aliphatic carbocycles. The van der Waals surface area contributed by atoms with Crippen LogP contribution in [-0.4, -0.2) is 73.6 Å². The largest absolute Gasteiger partial charge is 0.444 e. The summed E-state index contributed by atoms with van der Waals surface area (Å²) in [5, 5.41) is 2.78. The average Bonchev–Trinajstić information content (AvgIpc) is 3.27. The van der Waals surface area contributed by atoms with Crippen molar-refractivity contribution in [1.82, 2.24) is 15.2 Å². The predicted octanol–water partition coefficient (Wildman–Crippen LogP) is 3.45. The minimum atomic E-state index is -4.08. The Kier molecular flexibility index (Phi) is 9.81. The van der Waals surface area contributed by atoms with Gasteiger partial charge in [0.15, 0.2) is 0 Å². The van der Waals surface area contributed by atoms with Crippen LogP contribution >= 0.6 is 0 Å². The van der Waals surface area contributed by atoms with Crippen molar-refractivity contribution in [3.05, 3.63) is 53.7 Å². The third kappa shape index (κ3) is 7.82. The Balaban J connectivity index is 1.81. The Hall–Kier alpha value is -3.51. The summed E-state index contributed by atoms with van der Waals surface area (Å²) in [4.78, 5) is 46.7. The molecule has 0 radical (unpaired) electrons. The molecule has 3 rings (SSSR count). The number of aromatic nitrogens is 1. The Morgan fingerprint density at radius 3 is 2.34 bits per heavy atom. The van der Waals surface area contributed by atoms with Gasteiger partial charge in [-0.15, -0.1) is 0 Å². The minimum Gasteiger partial charge on any atom is -0.444 e. The number of fused-ring (bicyclic) bond motifs is 1. The Bertz CT molecular complexity index is 1370. The maximum atomic E-state index is 14.0. The predicted molar refractivity (Wildman–Crippen MR) is 154 cm³/mol. The maximum absolute atomic E-state index is 14.0. The number of likely N-dealkylation sites (N-methyl/N-ethyl adjacent to an activating group) is 1. The molecule has 2 aromatic rings. The molecule has 0 unspecified atom stereocenters. The molecule has 11 nitrogen and oxygen atoms in total. The van der Waals surface area contributed by atoms with E-state index in [-0.39, 0.29) is 17.4 Å². The van der Waals surface area contributed by atoms with E-state index in [2.05, 4.69) is 10.3 Å². The summed E-state index contributed by atoms with van der Waals surface area (Å²) < 4.78 is 36.5. The Morgan fingerprint density at radius 2 is 1.76 bits per heavy atom. The summed E-state index contributed by atoms with van der Waals surface area (Å²) >= 11 is 0. The van der Waals surface area contributed by atoms with Gasteiger partial charge in [-0.3, -0.25) is 23.6 Å². The van der Waals surface area contributed by atoms with Crippen LogP contribution in [0.2, 0.25) is 0 Å². The smallest absolute Gasteiger partial charge is 0.410 e. The molecule has 41 heavy (non-hydrogen) atoms. The van der Waals surface area contributed by atoms with E-state index in [1.807, 2.05) is 13.0 Å². The topological polar surface area (TPSA) is 135 Å². The second kappa shape index (κ2) is 12.6. The van der Waals surface area contributed by atoms with E-state index < -0.39 is 51.8 Å². The molecule has 1 aliphatic rings. The molecular formula is C29H40N4O7S. The number of amides is 3. The number of ether oxygens (including phenoxy) is 1. The van der Waals surface area contributed by atoms with Gasteiger partial charge in [0, 0.05) is 13.2 Å². The first-order valence-corrected chi connectivity index (χ1v) is 14.9. The number of benzene rings is 1. The highest BCUT2D eigenvalue weighted by Crippen LogP contribution is 2.32. The standard InChI is InChI=1S/C29H40N4O7S/c1-18(2)24(31-26(34)20(4)32(8)28(36)40-29(5,6)7)27(35)33-22(16-21-10-9-15-30-25(21)33)17-39-41(37,38)23-13-11-19(3)12-14-23/h9-15,18,20,22,24H,16-17H2,1-8H3,(H,31,34)/t20-,22+,24-/m0/s1. The summed E-state index contributed by atoms with van der Waals surface area (Å²) in [7, 11) is -2.62. The van der Waals surface area contributed by atoms with Gasteiger partial charge in [-0.25, -0.2) is 9.78 Å². The zero-order chi connectivity index (χ0) is 30.7. The number of anilines is 1. The molecule has 3 amide bonds. The van der Waals surface area contributed by atoms with Gasteiger partial charge in [0.25, 0.3) is 16.0 Å². The van der Waals surface area contributed by atoms with Crippen LogP contribution in [0.5, 0.6) is 0 Å². The third-order valence-electron chi connectivity index (χ3n) is 6.75. The van der Waals surface area contributed by atoms with Gasteiger partial charge in [-0.1, -0.05) is 37.6 Å². The fourth-order valence-corrected chi connectivity index (χ4v) is 5.23. The molecule has 2 heterocycles. The number of pyridine rings is 1. The molecule has 0 bridgehead atoms.